The molecule has 0 aliphatic heterocycles. The van der Waals surface area contributed by atoms with Crippen LogP contribution in [0.15, 0.2) is 78.0 Å². The second kappa shape index (κ2) is 10.5. The first-order chi connectivity index (χ1) is 16.4. The highest BCUT2D eigenvalue weighted by atomic mass is 32.2. The zero-order chi connectivity index (χ0) is 24.1. The Hall–Kier alpha value is -3.65. The van der Waals surface area contributed by atoms with Gasteiger partial charge in [0.05, 0.1) is 5.75 Å². The minimum Gasteiger partial charge on any atom is -0.483 e. The minimum atomic E-state index is -0.462. The molecular formula is C26H25FN4O2S. The third kappa shape index (κ3) is 5.46. The van der Waals surface area contributed by atoms with E-state index in [2.05, 4.69) is 15.5 Å². The molecule has 0 saturated carbocycles. The van der Waals surface area contributed by atoms with Crippen LogP contribution in [0.1, 0.15) is 30.0 Å². The molecule has 1 aromatic heterocycles. The van der Waals surface area contributed by atoms with Gasteiger partial charge in [-0.1, -0.05) is 48.2 Å². The molecule has 6 nitrogen and oxygen atoms in total. The zero-order valence-electron chi connectivity index (χ0n) is 19.2. The van der Waals surface area contributed by atoms with E-state index in [-0.39, 0.29) is 17.5 Å². The first kappa shape index (κ1) is 23.5. The molecular weight excluding hydrogens is 451 g/mol. The molecule has 1 heterocycles. The molecule has 8 heteroatoms. The molecule has 0 radical (unpaired) electrons. The number of ether oxygens (including phenoxy) is 1. The van der Waals surface area contributed by atoms with E-state index in [0.717, 1.165) is 22.5 Å². The average molecular weight is 477 g/mol. The van der Waals surface area contributed by atoms with Gasteiger partial charge in [-0.05, 0) is 68.3 Å². The van der Waals surface area contributed by atoms with Crippen molar-refractivity contribution >= 4 is 23.4 Å². The highest BCUT2D eigenvalue weighted by Gasteiger charge is 2.22. The topological polar surface area (TPSA) is 69.0 Å². The third-order valence-electron chi connectivity index (χ3n) is 5.24. The lowest BCUT2D eigenvalue weighted by molar-refractivity contribution is -0.113. The minimum absolute atomic E-state index is 0.123. The van der Waals surface area contributed by atoms with Crippen LogP contribution < -0.4 is 10.1 Å². The number of rotatable bonds is 8. The van der Waals surface area contributed by atoms with E-state index >= 15 is 0 Å². The maximum absolute atomic E-state index is 13.3. The summed E-state index contributed by atoms with van der Waals surface area (Å²) in [6.45, 7) is 5.79. The normalized spacial score (nSPS) is 11.8. The molecule has 0 saturated heterocycles. The van der Waals surface area contributed by atoms with Crippen molar-refractivity contribution in [3.8, 4) is 11.4 Å². The number of anilines is 1. The van der Waals surface area contributed by atoms with Crippen molar-refractivity contribution in [3.05, 3.63) is 95.6 Å². The Bertz CT molecular complexity index is 1260. The molecule has 0 bridgehead atoms. The van der Waals surface area contributed by atoms with Crippen molar-refractivity contribution in [1.29, 1.82) is 0 Å². The van der Waals surface area contributed by atoms with Gasteiger partial charge in [-0.3, -0.25) is 9.36 Å². The highest BCUT2D eigenvalue weighted by molar-refractivity contribution is 7.99. The highest BCUT2D eigenvalue weighted by Crippen LogP contribution is 2.28. The molecule has 1 unspecified atom stereocenters. The number of para-hydroxylation sites is 2. The average Bonchev–Trinajstić information content (AvgIpc) is 3.26. The third-order valence-corrected chi connectivity index (χ3v) is 6.17. The number of hydrogen-bond acceptors (Lipinski definition) is 5. The van der Waals surface area contributed by atoms with Gasteiger partial charge >= 0.3 is 0 Å². The van der Waals surface area contributed by atoms with Crippen LogP contribution in [0.2, 0.25) is 0 Å². The first-order valence-electron chi connectivity index (χ1n) is 10.8. The Morgan fingerprint density at radius 1 is 1.00 bits per heavy atom. The zero-order valence-corrected chi connectivity index (χ0v) is 20.0. The van der Waals surface area contributed by atoms with E-state index in [4.69, 9.17) is 4.74 Å². The maximum atomic E-state index is 13.3. The molecule has 0 aliphatic carbocycles. The lowest BCUT2D eigenvalue weighted by Crippen LogP contribution is -2.16. The second-order valence-corrected chi connectivity index (χ2v) is 8.77. The van der Waals surface area contributed by atoms with Crippen LogP contribution in [0, 0.1) is 19.7 Å². The van der Waals surface area contributed by atoms with Crippen LogP contribution in [0.3, 0.4) is 0 Å². The summed E-state index contributed by atoms with van der Waals surface area (Å²) >= 11 is 1.30. The Morgan fingerprint density at radius 2 is 1.68 bits per heavy atom. The fraction of sp³-hybridized carbons (Fsp3) is 0.192. The lowest BCUT2D eigenvalue weighted by Gasteiger charge is -2.17. The SMILES string of the molecule is Cc1cccc(C)c1NC(=O)CSc1nnc(C(C)Oc2ccc(F)cc2)n1-c1ccccc1. The smallest absolute Gasteiger partial charge is 0.234 e. The monoisotopic (exact) mass is 476 g/mol. The van der Waals surface area contributed by atoms with Crippen molar-refractivity contribution in [2.24, 2.45) is 0 Å². The summed E-state index contributed by atoms with van der Waals surface area (Å²) in [4.78, 5) is 12.7. The fourth-order valence-corrected chi connectivity index (χ4v) is 4.30. The van der Waals surface area contributed by atoms with E-state index in [9.17, 15) is 9.18 Å². The van der Waals surface area contributed by atoms with Crippen LogP contribution in [0.4, 0.5) is 10.1 Å². The van der Waals surface area contributed by atoms with Crippen molar-refractivity contribution in [2.75, 3.05) is 11.1 Å². The molecule has 1 amide bonds. The van der Waals surface area contributed by atoms with E-state index in [1.807, 2.05) is 73.9 Å². The van der Waals surface area contributed by atoms with Gasteiger partial charge in [0.2, 0.25) is 5.91 Å². The molecule has 34 heavy (non-hydrogen) atoms. The predicted octanol–water partition coefficient (Wildman–Crippen LogP) is 5.89. The van der Waals surface area contributed by atoms with Crippen LogP contribution >= 0.6 is 11.8 Å². The van der Waals surface area contributed by atoms with Crippen molar-refractivity contribution in [3.63, 3.8) is 0 Å². The van der Waals surface area contributed by atoms with Crippen molar-refractivity contribution in [2.45, 2.75) is 32.0 Å². The van der Waals surface area contributed by atoms with Crippen LogP contribution in [-0.2, 0) is 4.79 Å². The van der Waals surface area contributed by atoms with Gasteiger partial charge < -0.3 is 10.1 Å². The van der Waals surface area contributed by atoms with Gasteiger partial charge in [-0.2, -0.15) is 0 Å². The quantitative estimate of drug-likeness (QED) is 0.321. The van der Waals surface area contributed by atoms with E-state index in [1.165, 1.54) is 23.9 Å². The van der Waals surface area contributed by atoms with Gasteiger partial charge in [0.1, 0.15) is 11.6 Å². The van der Waals surface area contributed by atoms with Crippen molar-refractivity contribution < 1.29 is 13.9 Å². The summed E-state index contributed by atoms with van der Waals surface area (Å²) in [7, 11) is 0. The van der Waals surface area contributed by atoms with Gasteiger partial charge in [-0.15, -0.1) is 10.2 Å². The lowest BCUT2D eigenvalue weighted by atomic mass is 10.1. The number of carbonyl (C=O) groups excluding carboxylic acids is 1. The molecule has 0 aliphatic rings. The van der Waals surface area contributed by atoms with E-state index < -0.39 is 6.10 Å². The molecule has 0 spiro atoms. The number of halogens is 1. The van der Waals surface area contributed by atoms with Gasteiger partial charge in [0.25, 0.3) is 0 Å². The molecule has 4 aromatic rings. The van der Waals surface area contributed by atoms with Gasteiger partial charge in [0.15, 0.2) is 17.1 Å². The number of aryl methyl sites for hydroxylation is 2. The first-order valence-corrected chi connectivity index (χ1v) is 11.8. The number of nitrogens with one attached hydrogen (secondary N) is 1. The maximum Gasteiger partial charge on any atom is 0.234 e. The largest absolute Gasteiger partial charge is 0.483 e. The summed E-state index contributed by atoms with van der Waals surface area (Å²) in [5, 5.41) is 12.3. The predicted molar refractivity (Wildman–Crippen MR) is 132 cm³/mol. The summed E-state index contributed by atoms with van der Waals surface area (Å²) < 4.78 is 21.1. The van der Waals surface area contributed by atoms with Crippen LogP contribution in [0.5, 0.6) is 5.75 Å². The Balaban J connectivity index is 1.55. The number of aromatic nitrogens is 3. The number of amides is 1. The number of benzene rings is 3. The fourth-order valence-electron chi connectivity index (χ4n) is 3.54. The van der Waals surface area contributed by atoms with Crippen LogP contribution in [0.25, 0.3) is 5.69 Å². The number of thioether (sulfide) groups is 1. The van der Waals surface area contributed by atoms with Crippen LogP contribution in [-0.4, -0.2) is 26.4 Å². The molecule has 174 valence electrons. The molecule has 1 atom stereocenters. The molecule has 1 N–H and O–H groups in total. The summed E-state index contributed by atoms with van der Waals surface area (Å²) in [6.07, 6.45) is -0.462. The summed E-state index contributed by atoms with van der Waals surface area (Å²) in [6, 6.07) is 21.4. The van der Waals surface area contributed by atoms with E-state index in [1.54, 1.807) is 12.1 Å². The number of nitrogens with zero attached hydrogens (tertiary/aromatic N) is 3. The summed E-state index contributed by atoms with van der Waals surface area (Å²) in [5.74, 6) is 0.825. The Labute approximate surface area is 202 Å². The number of carbonyl (C=O) groups is 1. The Morgan fingerprint density at radius 3 is 2.35 bits per heavy atom. The van der Waals surface area contributed by atoms with E-state index in [0.29, 0.717) is 16.7 Å². The van der Waals surface area contributed by atoms with Gasteiger partial charge in [-0.25, -0.2) is 4.39 Å². The number of hydrogen-bond donors (Lipinski definition) is 1. The Kier molecular flexibility index (Phi) is 7.27. The molecule has 3 aromatic carbocycles. The standard InChI is InChI=1S/C26H25FN4O2S/c1-17-8-7-9-18(2)24(17)28-23(32)16-34-26-30-29-25(31(26)21-10-5-4-6-11-21)19(3)33-22-14-12-20(27)13-15-22/h4-15,19H,16H2,1-3H3,(H,28,32). The molecule has 4 rings (SSSR count). The molecule has 0 fully saturated rings. The second-order valence-electron chi connectivity index (χ2n) is 7.83. The van der Waals surface area contributed by atoms with Crippen molar-refractivity contribution in [1.82, 2.24) is 14.8 Å². The van der Waals surface area contributed by atoms with Gasteiger partial charge in [0, 0.05) is 11.4 Å². The summed E-state index contributed by atoms with van der Waals surface area (Å²) in [5.41, 5.74) is 3.72.